The number of hydrogen-bond donors (Lipinski definition) is 3. The summed E-state index contributed by atoms with van der Waals surface area (Å²) >= 11 is 0. The number of rotatable bonds is 8. The molecule has 0 saturated carbocycles. The SMILES string of the molecule is O=[N+]([O-])c1ccc(CN=C(NCCc2c[nH]c3ccccc23)NCC2CCOC2)cc1. The molecular weight excluding hydrogens is 394 g/mol. The van der Waals surface area contributed by atoms with Gasteiger partial charge in [0.15, 0.2) is 5.96 Å². The molecule has 4 rings (SSSR count). The molecule has 1 unspecified atom stereocenters. The number of fused-ring (bicyclic) bond motifs is 1. The van der Waals surface area contributed by atoms with Crippen LogP contribution in [-0.4, -0.2) is 42.2 Å². The zero-order chi connectivity index (χ0) is 21.5. The van der Waals surface area contributed by atoms with Gasteiger partial charge in [0.05, 0.1) is 18.1 Å². The quantitative estimate of drug-likeness (QED) is 0.224. The van der Waals surface area contributed by atoms with E-state index >= 15 is 0 Å². The maximum Gasteiger partial charge on any atom is 0.269 e. The number of H-pyrrole nitrogens is 1. The Morgan fingerprint density at radius 2 is 2.03 bits per heavy atom. The number of nitrogens with one attached hydrogen (secondary N) is 3. The molecular formula is C23H27N5O3. The van der Waals surface area contributed by atoms with Gasteiger partial charge in [0.2, 0.25) is 0 Å². The lowest BCUT2D eigenvalue weighted by atomic mass is 10.1. The van der Waals surface area contributed by atoms with E-state index in [4.69, 9.17) is 4.74 Å². The Hall–Kier alpha value is -3.39. The molecule has 0 spiro atoms. The first kappa shape index (κ1) is 20.9. The standard InChI is InChI=1S/C23H27N5O3/c29-28(30)20-7-5-17(6-8-20)13-26-23(27-14-18-10-12-31-16-18)24-11-9-19-15-25-22-4-2-1-3-21(19)22/h1-8,15,18,25H,9-14,16H2,(H2,24,26,27). The Balaban J connectivity index is 1.37. The molecule has 31 heavy (non-hydrogen) atoms. The van der Waals surface area contributed by atoms with E-state index < -0.39 is 4.92 Å². The molecule has 0 aliphatic carbocycles. The van der Waals surface area contributed by atoms with Gasteiger partial charge in [-0.05, 0) is 30.0 Å². The van der Waals surface area contributed by atoms with Crippen LogP contribution in [-0.2, 0) is 17.7 Å². The van der Waals surface area contributed by atoms with Crippen LogP contribution in [0.1, 0.15) is 17.5 Å². The molecule has 1 aliphatic rings. The Kier molecular flexibility index (Phi) is 6.78. The number of ether oxygens (including phenoxy) is 1. The highest BCUT2D eigenvalue weighted by atomic mass is 16.6. The minimum absolute atomic E-state index is 0.0872. The van der Waals surface area contributed by atoms with Gasteiger partial charge in [-0.2, -0.15) is 0 Å². The number of benzene rings is 2. The second-order valence-corrected chi connectivity index (χ2v) is 7.74. The summed E-state index contributed by atoms with van der Waals surface area (Å²) in [4.78, 5) is 18.4. The normalized spacial score (nSPS) is 16.5. The lowest BCUT2D eigenvalue weighted by Crippen LogP contribution is -2.40. The third-order valence-corrected chi connectivity index (χ3v) is 5.51. The summed E-state index contributed by atoms with van der Waals surface area (Å²) in [5.41, 5.74) is 3.42. The summed E-state index contributed by atoms with van der Waals surface area (Å²) in [5.74, 6) is 1.23. The fraction of sp³-hybridized carbons (Fsp3) is 0.348. The number of aromatic amines is 1. The molecule has 3 aromatic rings. The zero-order valence-electron chi connectivity index (χ0n) is 17.3. The lowest BCUT2D eigenvalue weighted by Gasteiger charge is -2.15. The molecule has 1 fully saturated rings. The highest BCUT2D eigenvalue weighted by Crippen LogP contribution is 2.18. The number of nitrogens with zero attached hydrogens (tertiary/aromatic N) is 2. The van der Waals surface area contributed by atoms with Crippen molar-refractivity contribution in [1.29, 1.82) is 0 Å². The minimum atomic E-state index is -0.393. The first-order valence-corrected chi connectivity index (χ1v) is 10.6. The van der Waals surface area contributed by atoms with E-state index in [9.17, 15) is 10.1 Å². The second kappa shape index (κ2) is 10.1. The van der Waals surface area contributed by atoms with E-state index in [1.165, 1.54) is 23.1 Å². The van der Waals surface area contributed by atoms with E-state index in [0.29, 0.717) is 12.5 Å². The van der Waals surface area contributed by atoms with Crippen molar-refractivity contribution in [2.75, 3.05) is 26.3 Å². The molecule has 3 N–H and O–H groups in total. The van der Waals surface area contributed by atoms with E-state index in [2.05, 4.69) is 45.0 Å². The molecule has 162 valence electrons. The Morgan fingerprint density at radius 1 is 1.19 bits per heavy atom. The van der Waals surface area contributed by atoms with Crippen molar-refractivity contribution in [2.45, 2.75) is 19.4 Å². The van der Waals surface area contributed by atoms with Crippen LogP contribution in [0.4, 0.5) is 5.69 Å². The van der Waals surface area contributed by atoms with Crippen molar-refractivity contribution in [3.63, 3.8) is 0 Å². The first-order valence-electron chi connectivity index (χ1n) is 10.6. The highest BCUT2D eigenvalue weighted by molar-refractivity contribution is 5.83. The van der Waals surface area contributed by atoms with E-state index in [1.807, 2.05) is 6.07 Å². The fourth-order valence-corrected chi connectivity index (χ4v) is 3.71. The van der Waals surface area contributed by atoms with Crippen molar-refractivity contribution in [3.8, 4) is 0 Å². The van der Waals surface area contributed by atoms with Gasteiger partial charge in [0, 0.05) is 54.8 Å². The first-order chi connectivity index (χ1) is 15.2. The average molecular weight is 422 g/mol. The Morgan fingerprint density at radius 3 is 2.81 bits per heavy atom. The number of aromatic nitrogens is 1. The molecule has 1 atom stereocenters. The summed E-state index contributed by atoms with van der Waals surface area (Å²) in [6.07, 6.45) is 3.98. The number of para-hydroxylation sites is 1. The Labute approximate surface area is 180 Å². The number of nitro groups is 1. The van der Waals surface area contributed by atoms with Gasteiger partial charge in [0.1, 0.15) is 0 Å². The molecule has 2 heterocycles. The van der Waals surface area contributed by atoms with Gasteiger partial charge < -0.3 is 20.4 Å². The van der Waals surface area contributed by atoms with Crippen molar-refractivity contribution >= 4 is 22.5 Å². The number of guanidine groups is 1. The number of nitro benzene ring substituents is 1. The molecule has 8 heteroatoms. The summed E-state index contributed by atoms with van der Waals surface area (Å²) in [6.45, 7) is 3.59. The molecule has 2 aromatic carbocycles. The molecule has 1 saturated heterocycles. The summed E-state index contributed by atoms with van der Waals surface area (Å²) in [7, 11) is 0. The maximum absolute atomic E-state index is 10.8. The van der Waals surface area contributed by atoms with Crippen molar-refractivity contribution in [3.05, 3.63) is 76.0 Å². The smallest absolute Gasteiger partial charge is 0.269 e. The predicted octanol–water partition coefficient (Wildman–Crippen LogP) is 3.39. The fourth-order valence-electron chi connectivity index (χ4n) is 3.71. The van der Waals surface area contributed by atoms with Crippen LogP contribution in [0.25, 0.3) is 10.9 Å². The van der Waals surface area contributed by atoms with Gasteiger partial charge in [-0.3, -0.25) is 10.1 Å². The minimum Gasteiger partial charge on any atom is -0.381 e. The van der Waals surface area contributed by atoms with Gasteiger partial charge in [-0.25, -0.2) is 4.99 Å². The molecule has 1 aliphatic heterocycles. The maximum atomic E-state index is 10.8. The van der Waals surface area contributed by atoms with Crippen molar-refractivity contribution < 1.29 is 9.66 Å². The summed E-state index contributed by atoms with van der Waals surface area (Å²) < 4.78 is 5.46. The summed E-state index contributed by atoms with van der Waals surface area (Å²) in [5, 5.41) is 18.9. The summed E-state index contributed by atoms with van der Waals surface area (Å²) in [6, 6.07) is 14.8. The average Bonchev–Trinajstić information content (AvgIpc) is 3.46. The van der Waals surface area contributed by atoms with Crippen LogP contribution in [0.2, 0.25) is 0 Å². The molecule has 8 nitrogen and oxygen atoms in total. The van der Waals surface area contributed by atoms with Gasteiger partial charge >= 0.3 is 0 Å². The third kappa shape index (κ3) is 5.61. The molecule has 0 radical (unpaired) electrons. The lowest BCUT2D eigenvalue weighted by molar-refractivity contribution is -0.384. The largest absolute Gasteiger partial charge is 0.381 e. The van der Waals surface area contributed by atoms with Crippen molar-refractivity contribution in [2.24, 2.45) is 10.9 Å². The van der Waals surface area contributed by atoms with Gasteiger partial charge in [-0.15, -0.1) is 0 Å². The van der Waals surface area contributed by atoms with Crippen molar-refractivity contribution in [1.82, 2.24) is 15.6 Å². The second-order valence-electron chi connectivity index (χ2n) is 7.74. The number of hydrogen-bond acceptors (Lipinski definition) is 4. The van der Waals surface area contributed by atoms with Crippen LogP contribution in [0, 0.1) is 16.0 Å². The van der Waals surface area contributed by atoms with Gasteiger partial charge in [-0.1, -0.05) is 30.3 Å². The monoisotopic (exact) mass is 421 g/mol. The predicted molar refractivity (Wildman–Crippen MR) is 121 cm³/mol. The highest BCUT2D eigenvalue weighted by Gasteiger charge is 2.16. The van der Waals surface area contributed by atoms with E-state index in [-0.39, 0.29) is 5.69 Å². The van der Waals surface area contributed by atoms with Crippen LogP contribution >= 0.6 is 0 Å². The zero-order valence-corrected chi connectivity index (χ0v) is 17.3. The van der Waals surface area contributed by atoms with Crippen LogP contribution < -0.4 is 10.6 Å². The number of non-ortho nitro benzene ring substituents is 1. The molecule has 0 amide bonds. The topological polar surface area (TPSA) is 105 Å². The van der Waals surface area contributed by atoms with Gasteiger partial charge in [0.25, 0.3) is 5.69 Å². The van der Waals surface area contributed by atoms with Crippen LogP contribution in [0.15, 0.2) is 59.7 Å². The van der Waals surface area contributed by atoms with Crippen LogP contribution in [0.5, 0.6) is 0 Å². The number of aliphatic imine (C=N–C) groups is 1. The van der Waals surface area contributed by atoms with E-state index in [0.717, 1.165) is 56.2 Å². The third-order valence-electron chi connectivity index (χ3n) is 5.51. The Bertz CT molecular complexity index is 1040. The van der Waals surface area contributed by atoms with E-state index in [1.54, 1.807) is 12.1 Å². The van der Waals surface area contributed by atoms with Crippen LogP contribution in [0.3, 0.4) is 0 Å². The molecule has 1 aromatic heterocycles. The molecule has 0 bridgehead atoms.